The van der Waals surface area contributed by atoms with E-state index in [1.54, 1.807) is 12.1 Å². The largest absolute Gasteiger partial charge is 0.381 e. The number of halogens is 1. The summed E-state index contributed by atoms with van der Waals surface area (Å²) in [4.78, 5) is 10.3. The molecule has 1 aliphatic carbocycles. The summed E-state index contributed by atoms with van der Waals surface area (Å²) in [5.74, 6) is 0. The number of nitro groups is 1. The van der Waals surface area contributed by atoms with Gasteiger partial charge in [0, 0.05) is 27.4 Å². The van der Waals surface area contributed by atoms with Gasteiger partial charge in [-0.2, -0.15) is 0 Å². The fourth-order valence-electron chi connectivity index (χ4n) is 2.52. The van der Waals surface area contributed by atoms with Gasteiger partial charge in [-0.15, -0.1) is 0 Å². The van der Waals surface area contributed by atoms with Crippen LogP contribution in [0, 0.1) is 19.1 Å². The lowest BCUT2D eigenvalue weighted by Crippen LogP contribution is -2.31. The Morgan fingerprint density at radius 1 is 1.50 bits per heavy atom. The van der Waals surface area contributed by atoms with Gasteiger partial charge in [-0.25, -0.2) is 0 Å². The third kappa shape index (κ3) is 2.76. The molecule has 1 aliphatic rings. The summed E-state index contributed by atoms with van der Waals surface area (Å²) in [5.41, 5.74) is 1.45. The van der Waals surface area contributed by atoms with Crippen molar-refractivity contribution in [2.75, 3.05) is 5.32 Å². The minimum Gasteiger partial charge on any atom is -0.381 e. The highest BCUT2D eigenvalue weighted by molar-refractivity contribution is 14.1. The minimum absolute atomic E-state index is 0.149. The molecule has 0 aromatic heterocycles. The molecule has 1 fully saturated rings. The third-order valence-electron chi connectivity index (χ3n) is 3.75. The minimum atomic E-state index is -0.356. The maximum atomic E-state index is 10.7. The van der Waals surface area contributed by atoms with Crippen molar-refractivity contribution < 1.29 is 4.92 Å². The van der Waals surface area contributed by atoms with E-state index in [1.807, 2.05) is 6.07 Å². The van der Waals surface area contributed by atoms with Crippen molar-refractivity contribution >= 4 is 34.0 Å². The third-order valence-corrected chi connectivity index (χ3v) is 4.64. The molecule has 1 aromatic carbocycles. The van der Waals surface area contributed by atoms with Crippen LogP contribution >= 0.6 is 22.6 Å². The van der Waals surface area contributed by atoms with E-state index in [4.69, 9.17) is 0 Å². The van der Waals surface area contributed by atoms with Gasteiger partial charge >= 0.3 is 0 Å². The van der Waals surface area contributed by atoms with Crippen molar-refractivity contribution in [3.63, 3.8) is 0 Å². The van der Waals surface area contributed by atoms with E-state index in [9.17, 15) is 10.1 Å². The second kappa shape index (κ2) is 5.03. The first-order valence-electron chi connectivity index (χ1n) is 6.10. The maximum Gasteiger partial charge on any atom is 0.270 e. The molecular weight excluding hydrogens is 343 g/mol. The van der Waals surface area contributed by atoms with Crippen LogP contribution in [0.2, 0.25) is 0 Å². The van der Waals surface area contributed by atoms with Gasteiger partial charge < -0.3 is 5.32 Å². The molecule has 2 rings (SSSR count). The molecule has 1 aromatic rings. The quantitative estimate of drug-likeness (QED) is 0.500. The summed E-state index contributed by atoms with van der Waals surface area (Å²) in [6.45, 7) is 4.55. The molecule has 1 atom stereocenters. The highest BCUT2D eigenvalue weighted by Crippen LogP contribution is 2.39. The van der Waals surface area contributed by atoms with Gasteiger partial charge in [0.25, 0.3) is 5.69 Å². The maximum absolute atomic E-state index is 10.7. The smallest absolute Gasteiger partial charge is 0.270 e. The van der Waals surface area contributed by atoms with Gasteiger partial charge in [0.05, 0.1) is 4.92 Å². The summed E-state index contributed by atoms with van der Waals surface area (Å²) in [7, 11) is 0. The number of non-ortho nitro benzene ring substituents is 1. The second-order valence-corrected chi connectivity index (χ2v) is 6.66. The molecule has 18 heavy (non-hydrogen) atoms. The van der Waals surface area contributed by atoms with E-state index in [-0.39, 0.29) is 10.6 Å². The summed E-state index contributed by atoms with van der Waals surface area (Å²) in [6.07, 6.45) is 3.64. The van der Waals surface area contributed by atoms with Gasteiger partial charge in [0.2, 0.25) is 0 Å². The fourth-order valence-corrected chi connectivity index (χ4v) is 3.17. The molecule has 0 radical (unpaired) electrons. The van der Waals surface area contributed by atoms with Crippen LogP contribution < -0.4 is 5.32 Å². The van der Waals surface area contributed by atoms with E-state index >= 15 is 0 Å². The molecule has 5 heteroatoms. The number of anilines is 1. The average Bonchev–Trinajstić information content (AvgIpc) is 2.61. The van der Waals surface area contributed by atoms with Crippen molar-refractivity contribution in [1.29, 1.82) is 0 Å². The van der Waals surface area contributed by atoms with Crippen LogP contribution in [0.3, 0.4) is 0 Å². The molecule has 1 N–H and O–H groups in total. The number of rotatable bonds is 3. The van der Waals surface area contributed by atoms with E-state index < -0.39 is 0 Å². The molecule has 0 saturated heterocycles. The Morgan fingerprint density at radius 2 is 2.22 bits per heavy atom. The molecule has 0 aliphatic heterocycles. The fraction of sp³-hybridized carbons (Fsp3) is 0.538. The summed E-state index contributed by atoms with van der Waals surface area (Å²) < 4.78 is 0.907. The van der Waals surface area contributed by atoms with Gasteiger partial charge in [-0.3, -0.25) is 10.1 Å². The zero-order valence-corrected chi connectivity index (χ0v) is 12.7. The first kappa shape index (κ1) is 13.6. The van der Waals surface area contributed by atoms with Crippen LogP contribution in [-0.4, -0.2) is 11.0 Å². The van der Waals surface area contributed by atoms with Crippen LogP contribution in [-0.2, 0) is 0 Å². The van der Waals surface area contributed by atoms with Crippen molar-refractivity contribution in [3.05, 3.63) is 31.9 Å². The van der Waals surface area contributed by atoms with Crippen molar-refractivity contribution in [2.24, 2.45) is 5.41 Å². The molecule has 0 heterocycles. The normalized spacial score (nSPS) is 21.8. The zero-order chi connectivity index (χ0) is 13.3. The summed E-state index contributed by atoms with van der Waals surface area (Å²) in [5, 5.41) is 14.2. The number of hydrogen-bond acceptors (Lipinski definition) is 3. The highest BCUT2D eigenvalue weighted by Gasteiger charge is 2.34. The molecule has 0 amide bonds. The predicted octanol–water partition coefficient (Wildman–Crippen LogP) is 4.19. The topological polar surface area (TPSA) is 55.2 Å². The summed E-state index contributed by atoms with van der Waals surface area (Å²) >= 11 is 2.15. The molecule has 0 bridgehead atoms. The van der Waals surface area contributed by atoms with Crippen LogP contribution in [0.25, 0.3) is 0 Å². The molecule has 1 saturated carbocycles. The van der Waals surface area contributed by atoms with Crippen LogP contribution in [0.15, 0.2) is 18.2 Å². The SMILES string of the molecule is CC1(C)CCCC1Nc1ccc([N+](=O)[O-])cc1I. The molecule has 4 nitrogen and oxygen atoms in total. The number of hydrogen-bond donors (Lipinski definition) is 1. The van der Waals surface area contributed by atoms with E-state index in [2.05, 4.69) is 41.8 Å². The Kier molecular flexibility index (Phi) is 3.79. The summed E-state index contributed by atoms with van der Waals surface area (Å²) in [6, 6.07) is 5.44. The number of nitro benzene ring substituents is 1. The van der Waals surface area contributed by atoms with Gasteiger partial charge in [0.15, 0.2) is 0 Å². The van der Waals surface area contributed by atoms with E-state index in [0.717, 1.165) is 9.26 Å². The lowest BCUT2D eigenvalue weighted by molar-refractivity contribution is -0.384. The Morgan fingerprint density at radius 3 is 2.72 bits per heavy atom. The lowest BCUT2D eigenvalue weighted by atomic mass is 9.87. The van der Waals surface area contributed by atoms with E-state index in [0.29, 0.717) is 11.5 Å². The number of benzene rings is 1. The van der Waals surface area contributed by atoms with Crippen LogP contribution in [0.5, 0.6) is 0 Å². The Bertz CT molecular complexity index is 474. The Balaban J connectivity index is 2.17. The monoisotopic (exact) mass is 360 g/mol. The average molecular weight is 360 g/mol. The number of nitrogens with zero attached hydrogens (tertiary/aromatic N) is 1. The van der Waals surface area contributed by atoms with Gasteiger partial charge in [-0.05, 0) is 46.9 Å². The second-order valence-electron chi connectivity index (χ2n) is 5.50. The van der Waals surface area contributed by atoms with E-state index in [1.165, 1.54) is 19.3 Å². The highest BCUT2D eigenvalue weighted by atomic mass is 127. The van der Waals surface area contributed by atoms with Crippen molar-refractivity contribution in [3.8, 4) is 0 Å². The first-order valence-corrected chi connectivity index (χ1v) is 7.18. The molecule has 1 unspecified atom stereocenters. The molecular formula is C13H17IN2O2. The van der Waals surface area contributed by atoms with Crippen LogP contribution in [0.4, 0.5) is 11.4 Å². The molecule has 98 valence electrons. The van der Waals surface area contributed by atoms with Gasteiger partial charge in [0.1, 0.15) is 0 Å². The number of nitrogens with one attached hydrogen (secondary N) is 1. The van der Waals surface area contributed by atoms with Crippen LogP contribution in [0.1, 0.15) is 33.1 Å². The first-order chi connectivity index (χ1) is 8.40. The van der Waals surface area contributed by atoms with Crippen molar-refractivity contribution in [1.82, 2.24) is 0 Å². The zero-order valence-electron chi connectivity index (χ0n) is 10.6. The molecule has 0 spiro atoms. The van der Waals surface area contributed by atoms with Gasteiger partial charge in [-0.1, -0.05) is 20.3 Å². The standard InChI is InChI=1S/C13H17IN2O2/c1-13(2)7-3-4-12(13)15-11-6-5-9(16(17)18)8-10(11)14/h5-6,8,12,15H,3-4,7H2,1-2H3. The Labute approximate surface area is 120 Å². The van der Waals surface area contributed by atoms with Crippen molar-refractivity contribution in [2.45, 2.75) is 39.2 Å². The Hall–Kier alpha value is -0.850. The lowest BCUT2D eigenvalue weighted by Gasteiger charge is -2.29. The predicted molar refractivity (Wildman–Crippen MR) is 80.9 cm³/mol.